The van der Waals surface area contributed by atoms with Gasteiger partial charge >= 0.3 is 0 Å². The number of ether oxygens (including phenoxy) is 2. The van der Waals surface area contributed by atoms with Crippen molar-refractivity contribution in [3.05, 3.63) is 114 Å². The summed E-state index contributed by atoms with van der Waals surface area (Å²) in [5.41, 5.74) is 3.34. The van der Waals surface area contributed by atoms with Gasteiger partial charge in [0, 0.05) is 0 Å². The summed E-state index contributed by atoms with van der Waals surface area (Å²) in [5.74, 6) is -0.697. The third kappa shape index (κ3) is 5.72. The van der Waals surface area contributed by atoms with Gasteiger partial charge in [-0.2, -0.15) is 0 Å². The molecule has 4 rings (SSSR count). The first-order valence-corrected chi connectivity index (χ1v) is 11.1. The molecule has 0 aliphatic carbocycles. The van der Waals surface area contributed by atoms with E-state index >= 15 is 0 Å². The fourth-order valence-electron chi connectivity index (χ4n) is 4.03. The fourth-order valence-corrected chi connectivity index (χ4v) is 4.03. The smallest absolute Gasteiger partial charge is 0.163 e. The second kappa shape index (κ2) is 10.2. The standard InChI is InChI=1S/C28H31NO3/c1-28(2)31-20-25(32-28)27(30)24(19-18-21-12-6-3-7-13-21)29-26(22-14-8-4-9-15-22)23-16-10-5-11-17-23/h3-19,24-27,29-30H,20H2,1-2H3/b19-18+/t24-,25+,27-/m0/s1. The molecule has 0 bridgehead atoms. The SMILES string of the molecule is CC1(C)OC[C@H]([C@@H](O)[C@H](/C=C/c2ccccc2)NC(c2ccccc2)c2ccccc2)O1. The highest BCUT2D eigenvalue weighted by Crippen LogP contribution is 2.28. The largest absolute Gasteiger partial charge is 0.388 e. The minimum atomic E-state index is -0.785. The molecular formula is C28H31NO3. The summed E-state index contributed by atoms with van der Waals surface area (Å²) in [5, 5.41) is 15.0. The summed E-state index contributed by atoms with van der Waals surface area (Å²) in [4.78, 5) is 0. The van der Waals surface area contributed by atoms with Crippen LogP contribution >= 0.6 is 0 Å². The first-order valence-electron chi connectivity index (χ1n) is 11.1. The lowest BCUT2D eigenvalue weighted by Crippen LogP contribution is -2.47. The van der Waals surface area contributed by atoms with Gasteiger partial charge in [-0.15, -0.1) is 0 Å². The van der Waals surface area contributed by atoms with Gasteiger partial charge in [0.25, 0.3) is 0 Å². The molecule has 0 unspecified atom stereocenters. The normalized spacial score (nSPS) is 19.9. The molecule has 1 heterocycles. The number of hydrogen-bond acceptors (Lipinski definition) is 4. The van der Waals surface area contributed by atoms with Gasteiger partial charge in [0.05, 0.1) is 18.7 Å². The van der Waals surface area contributed by atoms with Crippen molar-refractivity contribution in [1.29, 1.82) is 0 Å². The van der Waals surface area contributed by atoms with Gasteiger partial charge in [-0.05, 0) is 30.5 Å². The van der Waals surface area contributed by atoms with Crippen molar-refractivity contribution in [2.75, 3.05) is 6.61 Å². The third-order valence-corrected chi connectivity index (χ3v) is 5.70. The molecule has 1 fully saturated rings. The highest BCUT2D eigenvalue weighted by Gasteiger charge is 2.39. The minimum absolute atomic E-state index is 0.0900. The van der Waals surface area contributed by atoms with Crippen molar-refractivity contribution in [3.8, 4) is 0 Å². The zero-order valence-corrected chi connectivity index (χ0v) is 18.6. The number of aliphatic hydroxyl groups excluding tert-OH is 1. The molecule has 4 nitrogen and oxygen atoms in total. The average molecular weight is 430 g/mol. The molecule has 3 atom stereocenters. The van der Waals surface area contributed by atoms with Crippen molar-refractivity contribution >= 4 is 6.08 Å². The van der Waals surface area contributed by atoms with E-state index in [0.29, 0.717) is 6.61 Å². The van der Waals surface area contributed by atoms with Crippen molar-refractivity contribution in [3.63, 3.8) is 0 Å². The summed E-state index contributed by atoms with van der Waals surface area (Å²) in [7, 11) is 0. The molecule has 3 aromatic rings. The van der Waals surface area contributed by atoms with Gasteiger partial charge in [0.1, 0.15) is 12.2 Å². The van der Waals surface area contributed by atoms with Gasteiger partial charge in [-0.25, -0.2) is 0 Å². The number of hydrogen-bond donors (Lipinski definition) is 2. The minimum Gasteiger partial charge on any atom is -0.388 e. The first-order chi connectivity index (χ1) is 15.5. The molecule has 0 spiro atoms. The van der Waals surface area contributed by atoms with Gasteiger partial charge < -0.3 is 14.6 Å². The monoisotopic (exact) mass is 429 g/mol. The maximum atomic E-state index is 11.3. The Morgan fingerprint density at radius 2 is 1.41 bits per heavy atom. The summed E-state index contributed by atoms with van der Waals surface area (Å²) in [6.07, 6.45) is 2.85. The van der Waals surface area contributed by atoms with E-state index in [1.165, 1.54) is 0 Å². The van der Waals surface area contributed by atoms with Crippen LogP contribution in [0.15, 0.2) is 97.1 Å². The van der Waals surface area contributed by atoms with Crippen LogP contribution in [0.25, 0.3) is 6.08 Å². The molecule has 1 aliphatic heterocycles. The van der Waals surface area contributed by atoms with Crippen LogP contribution in [0.1, 0.15) is 36.6 Å². The quantitative estimate of drug-likeness (QED) is 0.531. The van der Waals surface area contributed by atoms with Crippen LogP contribution < -0.4 is 5.32 Å². The van der Waals surface area contributed by atoms with Crippen molar-refractivity contribution < 1.29 is 14.6 Å². The second-order valence-corrected chi connectivity index (χ2v) is 8.57. The molecule has 0 saturated carbocycles. The van der Waals surface area contributed by atoms with E-state index in [9.17, 15) is 5.11 Å². The molecule has 166 valence electrons. The lowest BCUT2D eigenvalue weighted by atomic mass is 9.95. The lowest BCUT2D eigenvalue weighted by Gasteiger charge is -2.31. The Balaban J connectivity index is 1.65. The van der Waals surface area contributed by atoms with E-state index in [0.717, 1.165) is 16.7 Å². The number of benzene rings is 3. The van der Waals surface area contributed by atoms with E-state index in [1.54, 1.807) is 0 Å². The van der Waals surface area contributed by atoms with Gasteiger partial charge in [0.2, 0.25) is 0 Å². The summed E-state index contributed by atoms with van der Waals surface area (Å²) >= 11 is 0. The first kappa shape index (κ1) is 22.4. The van der Waals surface area contributed by atoms with Crippen LogP contribution in [-0.4, -0.2) is 35.8 Å². The molecule has 32 heavy (non-hydrogen) atoms. The van der Waals surface area contributed by atoms with Crippen LogP contribution in [0.2, 0.25) is 0 Å². The molecular weight excluding hydrogens is 398 g/mol. The Morgan fingerprint density at radius 1 is 0.875 bits per heavy atom. The highest BCUT2D eigenvalue weighted by atomic mass is 16.7. The third-order valence-electron chi connectivity index (χ3n) is 5.70. The van der Waals surface area contributed by atoms with Crippen LogP contribution in [-0.2, 0) is 9.47 Å². The molecule has 4 heteroatoms. The van der Waals surface area contributed by atoms with Gasteiger partial charge in [0.15, 0.2) is 5.79 Å². The van der Waals surface area contributed by atoms with Crippen LogP contribution in [0, 0.1) is 0 Å². The Labute approximate surface area is 190 Å². The summed E-state index contributed by atoms with van der Waals surface area (Å²) in [6, 6.07) is 30.2. The van der Waals surface area contributed by atoms with E-state index < -0.39 is 18.0 Å². The van der Waals surface area contributed by atoms with Crippen LogP contribution in [0.4, 0.5) is 0 Å². The van der Waals surface area contributed by atoms with Gasteiger partial charge in [-0.3, -0.25) is 5.32 Å². The Morgan fingerprint density at radius 3 is 1.91 bits per heavy atom. The fraction of sp³-hybridized carbons (Fsp3) is 0.286. The highest BCUT2D eigenvalue weighted by molar-refractivity contribution is 5.50. The second-order valence-electron chi connectivity index (χ2n) is 8.57. The van der Waals surface area contributed by atoms with E-state index in [4.69, 9.17) is 9.47 Å². The predicted octanol–water partition coefficient (Wildman–Crippen LogP) is 4.96. The average Bonchev–Trinajstić information content (AvgIpc) is 3.20. The molecule has 1 saturated heterocycles. The molecule has 3 aromatic carbocycles. The lowest BCUT2D eigenvalue weighted by molar-refractivity contribution is -0.152. The number of nitrogens with one attached hydrogen (secondary N) is 1. The van der Waals surface area contributed by atoms with Crippen molar-refractivity contribution in [2.45, 2.75) is 43.9 Å². The summed E-state index contributed by atoms with van der Waals surface area (Å²) < 4.78 is 11.7. The van der Waals surface area contributed by atoms with Crippen molar-refractivity contribution in [2.24, 2.45) is 0 Å². The molecule has 0 radical (unpaired) electrons. The Kier molecular flexibility index (Phi) is 7.18. The number of rotatable bonds is 8. The van der Waals surface area contributed by atoms with E-state index in [-0.39, 0.29) is 12.1 Å². The number of aliphatic hydroxyl groups is 1. The molecule has 0 aromatic heterocycles. The zero-order valence-electron chi connectivity index (χ0n) is 18.6. The van der Waals surface area contributed by atoms with Crippen molar-refractivity contribution in [1.82, 2.24) is 5.32 Å². The van der Waals surface area contributed by atoms with Gasteiger partial charge in [-0.1, -0.05) is 103 Å². The maximum absolute atomic E-state index is 11.3. The summed E-state index contributed by atoms with van der Waals surface area (Å²) in [6.45, 7) is 4.10. The van der Waals surface area contributed by atoms with Crippen LogP contribution in [0.3, 0.4) is 0 Å². The topological polar surface area (TPSA) is 50.7 Å². The Bertz CT molecular complexity index is 949. The van der Waals surface area contributed by atoms with E-state index in [1.807, 2.05) is 92.7 Å². The zero-order chi connectivity index (χ0) is 22.4. The molecule has 1 aliphatic rings. The Hall–Kier alpha value is -2.76. The molecule has 2 N–H and O–H groups in total. The molecule has 0 amide bonds. The van der Waals surface area contributed by atoms with Crippen LogP contribution in [0.5, 0.6) is 0 Å². The predicted molar refractivity (Wildman–Crippen MR) is 128 cm³/mol. The maximum Gasteiger partial charge on any atom is 0.163 e. The van der Waals surface area contributed by atoms with E-state index in [2.05, 4.69) is 29.6 Å².